The first kappa shape index (κ1) is 52.4. The van der Waals surface area contributed by atoms with Crippen LogP contribution in [0.3, 0.4) is 0 Å². The van der Waals surface area contributed by atoms with Gasteiger partial charge in [-0.05, 0) is 228 Å². The highest BCUT2D eigenvalue weighted by Gasteiger charge is 2.48. The fourth-order valence-electron chi connectivity index (χ4n) is 18.1. The van der Waals surface area contributed by atoms with Crippen molar-refractivity contribution >= 4 is 168 Å². The Labute approximate surface area is 545 Å². The monoisotopic (exact) mass is 1200 g/mol. The molecule has 0 bridgehead atoms. The van der Waals surface area contributed by atoms with Crippen LogP contribution in [0, 0.1) is 55.4 Å². The normalized spacial score (nSPS) is 13.4. The molecule has 0 saturated heterocycles. The Balaban J connectivity index is 0.931. The quantitative estimate of drug-likeness (QED) is 0.164. The van der Waals surface area contributed by atoms with Gasteiger partial charge in [0, 0.05) is 99.6 Å². The molecule has 0 fully saturated rings. The molecule has 4 aliphatic rings. The van der Waals surface area contributed by atoms with Gasteiger partial charge in [0.2, 0.25) is 0 Å². The van der Waals surface area contributed by atoms with Crippen molar-refractivity contribution in [2.75, 3.05) is 9.80 Å². The zero-order valence-corrected chi connectivity index (χ0v) is 53.8. The molecule has 0 saturated carbocycles. The number of anilines is 6. The predicted octanol–water partition coefficient (Wildman–Crippen LogP) is 17.8. The molecular weight excluding hydrogens is 1140 g/mol. The van der Waals surface area contributed by atoms with E-state index in [1.165, 1.54) is 199 Å². The molecule has 4 aliphatic heterocycles. The lowest BCUT2D eigenvalue weighted by molar-refractivity contribution is 1.12. The van der Waals surface area contributed by atoms with E-state index in [-0.39, 0.29) is 13.4 Å². The Morgan fingerprint density at radius 1 is 0.213 bits per heavy atom. The van der Waals surface area contributed by atoms with Crippen molar-refractivity contribution in [3.05, 3.63) is 275 Å². The van der Waals surface area contributed by atoms with Crippen molar-refractivity contribution in [3.8, 4) is 22.7 Å². The van der Waals surface area contributed by atoms with Crippen LogP contribution in [-0.4, -0.2) is 31.7 Å². The van der Waals surface area contributed by atoms with Gasteiger partial charge >= 0.3 is 0 Å². The van der Waals surface area contributed by atoms with Crippen molar-refractivity contribution < 1.29 is 0 Å². The summed E-state index contributed by atoms with van der Waals surface area (Å²) >= 11 is 0. The first-order valence-corrected chi connectivity index (χ1v) is 33.3. The van der Waals surface area contributed by atoms with E-state index in [4.69, 9.17) is 0 Å². The van der Waals surface area contributed by atoms with E-state index in [2.05, 4.69) is 314 Å². The fourth-order valence-corrected chi connectivity index (χ4v) is 18.1. The van der Waals surface area contributed by atoms with E-state index >= 15 is 0 Å². The number of nitrogens with zero attached hydrogens (tertiary/aromatic N) is 6. The van der Waals surface area contributed by atoms with Crippen LogP contribution in [0.5, 0.6) is 0 Å². The summed E-state index contributed by atoms with van der Waals surface area (Å²) in [5, 5.41) is 10.3. The summed E-state index contributed by atoms with van der Waals surface area (Å²) in [6.07, 6.45) is 0. The highest BCUT2D eigenvalue weighted by Crippen LogP contribution is 2.49. The smallest absolute Gasteiger partial charge is 0.252 e. The Morgan fingerprint density at radius 3 is 0.851 bits per heavy atom. The first-order valence-electron chi connectivity index (χ1n) is 33.3. The lowest BCUT2D eigenvalue weighted by Crippen LogP contribution is -2.64. The van der Waals surface area contributed by atoms with Crippen molar-refractivity contribution in [3.63, 3.8) is 0 Å². The Hall–Kier alpha value is -11.2. The van der Waals surface area contributed by atoms with Crippen molar-refractivity contribution in [1.29, 1.82) is 0 Å². The number of benzene rings is 13. The van der Waals surface area contributed by atoms with Gasteiger partial charge in [0.15, 0.2) is 0 Å². The number of fused-ring (bicyclic) bond motifs is 20. The highest BCUT2D eigenvalue weighted by atomic mass is 15.2. The van der Waals surface area contributed by atoms with Crippen molar-refractivity contribution in [2.24, 2.45) is 0 Å². The first-order chi connectivity index (χ1) is 45.9. The van der Waals surface area contributed by atoms with Crippen LogP contribution in [0.4, 0.5) is 34.1 Å². The molecule has 0 N–H and O–H groups in total. The molecule has 0 aliphatic carbocycles. The minimum atomic E-state index is -0.130. The van der Waals surface area contributed by atoms with E-state index < -0.39 is 0 Å². The maximum Gasteiger partial charge on any atom is 0.252 e. The molecule has 0 atom stereocenters. The zero-order valence-electron chi connectivity index (χ0n) is 53.8. The van der Waals surface area contributed by atoms with Gasteiger partial charge in [0.1, 0.15) is 0 Å². The second-order valence-electron chi connectivity index (χ2n) is 27.9. The molecule has 8 heterocycles. The Bertz CT molecular complexity index is 5850. The van der Waals surface area contributed by atoms with Crippen LogP contribution in [0.25, 0.3) is 110 Å². The lowest BCUT2D eigenvalue weighted by atomic mass is 9.30. The van der Waals surface area contributed by atoms with E-state index in [0.717, 1.165) is 22.7 Å². The third kappa shape index (κ3) is 6.81. The molecule has 0 amide bonds. The molecule has 0 spiro atoms. The molecule has 94 heavy (non-hydrogen) atoms. The zero-order chi connectivity index (χ0) is 62.6. The number of rotatable bonds is 4. The molecule has 0 unspecified atom stereocenters. The second-order valence-corrected chi connectivity index (χ2v) is 27.9. The summed E-state index contributed by atoms with van der Waals surface area (Å²) in [5.74, 6) is 0. The van der Waals surface area contributed by atoms with Gasteiger partial charge in [0.25, 0.3) is 13.4 Å². The van der Waals surface area contributed by atoms with Gasteiger partial charge in [-0.1, -0.05) is 136 Å². The third-order valence-electron chi connectivity index (χ3n) is 21.8. The lowest BCUT2D eigenvalue weighted by Gasteiger charge is -2.45. The standard InChI is InChI=1S/C86H62B2N6/c1-47-19-25-71-59(31-47)60-32-48(2)20-26-72(60)91(71)57-41-79-83-81(43-57)93-75-29-23-51(5)35-63(75)65-37-53(7)39-69(85(65)93)87(83)67-45-68-78(46-77(67)89(79)55-15-11-9-12-16-55)90(56-17-13-10-14-18-56)80-42-58(92-73-27-21-49(3)33-61(73)62-34-50(4)22-28-74(62)92)44-82-84(80)88(68)70-40-54(8)38-66-64-36-52(6)24-30-76(64)94(82)86(66)70/h9-46H,1-8H3. The van der Waals surface area contributed by atoms with E-state index in [1.54, 1.807) is 0 Å². The molecular formula is C86H62B2N6. The van der Waals surface area contributed by atoms with Crippen molar-refractivity contribution in [1.82, 2.24) is 18.3 Å². The van der Waals surface area contributed by atoms with Crippen LogP contribution < -0.4 is 42.6 Å². The van der Waals surface area contributed by atoms with Crippen LogP contribution in [0.2, 0.25) is 0 Å². The van der Waals surface area contributed by atoms with Gasteiger partial charge in [-0.2, -0.15) is 0 Å². The van der Waals surface area contributed by atoms with Gasteiger partial charge < -0.3 is 28.1 Å². The van der Waals surface area contributed by atoms with Crippen LogP contribution in [0.15, 0.2) is 231 Å². The van der Waals surface area contributed by atoms with Crippen LogP contribution >= 0.6 is 0 Å². The van der Waals surface area contributed by atoms with Crippen LogP contribution in [0.1, 0.15) is 44.5 Å². The molecule has 0 radical (unpaired) electrons. The van der Waals surface area contributed by atoms with Crippen molar-refractivity contribution in [2.45, 2.75) is 55.4 Å². The SMILES string of the molecule is Cc1ccc2c(c1)c1cc(C)ccc1n2-c1cc2c3c(c1)-n1c4ccc(C)cc4c4cc(C)cc(c41)B3c1cc3c(cc1N2c1ccccc1)N(c1ccccc1)c1cc(-n2c4ccc(C)cc4c4cc(C)ccc42)cc2c1B3c1cc(C)cc3c4cc(C)ccc4n-2c13. The highest BCUT2D eigenvalue weighted by molar-refractivity contribution is 7.03. The minimum absolute atomic E-state index is 0.130. The predicted molar refractivity (Wildman–Crippen MR) is 400 cm³/mol. The van der Waals surface area contributed by atoms with Gasteiger partial charge in [-0.15, -0.1) is 0 Å². The molecule has 442 valence electrons. The number of hydrogen-bond donors (Lipinski definition) is 0. The van der Waals surface area contributed by atoms with Gasteiger partial charge in [0.05, 0.1) is 44.5 Å². The third-order valence-corrected chi connectivity index (χ3v) is 21.8. The summed E-state index contributed by atoms with van der Waals surface area (Å²) in [6, 6.07) is 90.2. The van der Waals surface area contributed by atoms with Crippen LogP contribution in [-0.2, 0) is 0 Å². The number of aromatic nitrogens is 4. The average Bonchev–Trinajstić information content (AvgIpc) is 1.21. The van der Waals surface area contributed by atoms with E-state index in [0.29, 0.717) is 0 Å². The number of hydrogen-bond acceptors (Lipinski definition) is 2. The van der Waals surface area contributed by atoms with Gasteiger partial charge in [-0.25, -0.2) is 0 Å². The molecule has 21 rings (SSSR count). The molecule has 4 aromatic heterocycles. The van der Waals surface area contributed by atoms with E-state index in [9.17, 15) is 0 Å². The molecule has 8 heteroatoms. The molecule has 6 nitrogen and oxygen atoms in total. The van der Waals surface area contributed by atoms with E-state index in [1.807, 2.05) is 0 Å². The molecule has 17 aromatic rings. The number of para-hydroxylation sites is 2. The average molecular weight is 1200 g/mol. The fraction of sp³-hybridized carbons (Fsp3) is 0.0930. The maximum absolute atomic E-state index is 2.70. The molecule has 13 aromatic carbocycles. The second kappa shape index (κ2) is 18.3. The summed E-state index contributed by atoms with van der Waals surface area (Å²) in [5.41, 5.74) is 39.5. The maximum atomic E-state index is 2.70. The summed E-state index contributed by atoms with van der Waals surface area (Å²) in [6.45, 7) is 17.7. The largest absolute Gasteiger partial charge is 0.311 e. The Kier molecular flexibility index (Phi) is 10.2. The summed E-state index contributed by atoms with van der Waals surface area (Å²) in [4.78, 5) is 5.28. The minimum Gasteiger partial charge on any atom is -0.311 e. The number of aryl methyl sites for hydroxylation is 8. The topological polar surface area (TPSA) is 26.2 Å². The van der Waals surface area contributed by atoms with Gasteiger partial charge in [-0.3, -0.25) is 0 Å². The summed E-state index contributed by atoms with van der Waals surface area (Å²) in [7, 11) is 0. The summed E-state index contributed by atoms with van der Waals surface area (Å²) < 4.78 is 10.4. The Morgan fingerprint density at radius 2 is 0.511 bits per heavy atom.